The van der Waals surface area contributed by atoms with Crippen molar-refractivity contribution in [3.8, 4) is 0 Å². The molecule has 0 unspecified atom stereocenters. The molecule has 8 aliphatic rings. The predicted molar refractivity (Wildman–Crippen MR) is 199 cm³/mol. The standard InChI is InChI=1S/C7H12.C5H8O.C5H10.3C4H8.6C2H6/c1-3-7(4-1)5-2-6-7;1-2-5(1)3-4-6-5;1-2-4-5-3-1;3*1-2-4-3-1;6*1-2/h1-6H2;1-4H2;1-5H2;3*1-4H2;6*1-2H3. The van der Waals surface area contributed by atoms with Gasteiger partial charge in [0.25, 0.3) is 0 Å². The van der Waals surface area contributed by atoms with E-state index < -0.39 is 0 Å². The first kappa shape index (κ1) is 48.9. The highest BCUT2D eigenvalue weighted by Gasteiger charge is 2.49. The largest absolute Gasteiger partial charge is 0.375 e. The second-order valence-electron chi connectivity index (χ2n) is 11.5. The number of ether oxygens (including phenoxy) is 1. The van der Waals surface area contributed by atoms with Gasteiger partial charge in [0.15, 0.2) is 0 Å². The van der Waals surface area contributed by atoms with Gasteiger partial charge in [0.2, 0.25) is 0 Å². The van der Waals surface area contributed by atoms with Crippen molar-refractivity contribution < 1.29 is 4.74 Å². The monoisotopic (exact) mass is 599 g/mol. The van der Waals surface area contributed by atoms with Gasteiger partial charge in [-0.2, -0.15) is 0 Å². The molecule has 0 radical (unpaired) electrons. The van der Waals surface area contributed by atoms with E-state index in [1.54, 1.807) is 25.7 Å². The summed E-state index contributed by atoms with van der Waals surface area (Å²) in [6, 6.07) is 0. The Balaban J connectivity index is -0.000000195. The highest BCUT2D eigenvalue weighted by molar-refractivity contribution is 5.00. The first-order valence-corrected chi connectivity index (χ1v) is 20.5. The predicted octanol–water partition coefficient (Wildman–Crippen LogP) is 16.1. The molecule has 42 heavy (non-hydrogen) atoms. The molecule has 0 aromatic carbocycles. The van der Waals surface area contributed by atoms with Gasteiger partial charge in [-0.3, -0.25) is 0 Å². The minimum atomic E-state index is 0.472. The highest BCUT2D eigenvalue weighted by atomic mass is 16.5. The number of hydrogen-bond acceptors (Lipinski definition) is 1. The zero-order chi connectivity index (χ0) is 32.8. The molecule has 7 aliphatic carbocycles. The molecule has 0 atom stereocenters. The molecule has 0 bridgehead atoms. The Bertz CT molecular complexity index is 340. The number of rotatable bonds is 0. The summed E-state index contributed by atoms with van der Waals surface area (Å²) in [5.74, 6) is 0. The summed E-state index contributed by atoms with van der Waals surface area (Å²) in [6.45, 7) is 25.0. The molecule has 0 aromatic heterocycles. The van der Waals surface area contributed by atoms with Crippen LogP contribution in [0.2, 0.25) is 0 Å². The van der Waals surface area contributed by atoms with Crippen LogP contribution < -0.4 is 0 Å². The minimum Gasteiger partial charge on any atom is -0.375 e. The van der Waals surface area contributed by atoms with Crippen molar-refractivity contribution in [1.82, 2.24) is 0 Å². The van der Waals surface area contributed by atoms with Crippen LogP contribution in [0.3, 0.4) is 0 Å². The Morgan fingerprint density at radius 3 is 0.476 bits per heavy atom. The van der Waals surface area contributed by atoms with E-state index in [-0.39, 0.29) is 0 Å². The zero-order valence-corrected chi connectivity index (χ0v) is 32.5. The van der Waals surface area contributed by atoms with Gasteiger partial charge in [0.05, 0.1) is 12.2 Å². The van der Waals surface area contributed by atoms with Crippen molar-refractivity contribution in [3.63, 3.8) is 0 Å². The van der Waals surface area contributed by atoms with Crippen LogP contribution >= 0.6 is 0 Å². The maximum absolute atomic E-state index is 5.23. The van der Waals surface area contributed by atoms with Crippen LogP contribution in [0.15, 0.2) is 0 Å². The van der Waals surface area contributed by atoms with Crippen LogP contribution in [0.5, 0.6) is 0 Å². The SMILES string of the molecule is C1CC2(C1)CCC2.C1CC2(CC2)O1.C1CCC1.C1CCC1.C1CCC1.C1CCCC1.CC.CC.CC.CC.CC.CC. The molecule has 1 nitrogen and oxygen atoms in total. The summed E-state index contributed by atoms with van der Waals surface area (Å²) in [5.41, 5.74) is 1.42. The van der Waals surface area contributed by atoms with E-state index in [0.717, 1.165) is 12.0 Å². The minimum absolute atomic E-state index is 0.472. The summed E-state index contributed by atoms with van der Waals surface area (Å²) in [7, 11) is 0. The van der Waals surface area contributed by atoms with Gasteiger partial charge in [-0.15, -0.1) is 0 Å². The average Bonchev–Trinajstić information content (AvgIpc) is 3.51. The maximum Gasteiger partial charge on any atom is 0.0706 e. The van der Waals surface area contributed by atoms with Gasteiger partial charge in [-0.05, 0) is 50.4 Å². The Morgan fingerprint density at radius 1 is 0.262 bits per heavy atom. The van der Waals surface area contributed by atoms with Crippen molar-refractivity contribution in [1.29, 1.82) is 0 Å². The molecule has 0 aromatic rings. The molecule has 7 saturated carbocycles. The molecular weight excluding hydrogens is 508 g/mol. The molecule has 8 rings (SSSR count). The van der Waals surface area contributed by atoms with E-state index >= 15 is 0 Å². The van der Waals surface area contributed by atoms with Crippen molar-refractivity contribution >= 4 is 0 Å². The van der Waals surface area contributed by atoms with E-state index in [1.165, 1.54) is 141 Å². The second-order valence-corrected chi connectivity index (χ2v) is 11.5. The highest BCUT2D eigenvalue weighted by Crippen LogP contribution is 2.55. The lowest BCUT2D eigenvalue weighted by atomic mass is 9.56. The van der Waals surface area contributed by atoms with Crippen LogP contribution in [0.4, 0.5) is 0 Å². The van der Waals surface area contributed by atoms with Crippen molar-refractivity contribution in [2.45, 2.75) is 256 Å². The smallest absolute Gasteiger partial charge is 0.0706 e. The molecule has 8 fully saturated rings. The molecule has 1 heterocycles. The maximum atomic E-state index is 5.23. The van der Waals surface area contributed by atoms with Crippen LogP contribution in [-0.4, -0.2) is 12.2 Å². The fourth-order valence-electron chi connectivity index (χ4n) is 4.41. The number of hydrogen-bond donors (Lipinski definition) is 0. The third-order valence-electron chi connectivity index (χ3n) is 8.85. The quantitative estimate of drug-likeness (QED) is 0.269. The van der Waals surface area contributed by atoms with Gasteiger partial charge < -0.3 is 4.74 Å². The summed E-state index contributed by atoms with van der Waals surface area (Å²) in [5, 5.41) is 0. The van der Waals surface area contributed by atoms with E-state index in [4.69, 9.17) is 4.74 Å². The molecule has 2 spiro atoms. The molecule has 1 saturated heterocycles. The normalized spacial score (nSPS) is 21.4. The second kappa shape index (κ2) is 41.0. The topological polar surface area (TPSA) is 9.23 Å². The van der Waals surface area contributed by atoms with Gasteiger partial charge in [0.1, 0.15) is 0 Å². The van der Waals surface area contributed by atoms with Crippen LogP contribution in [-0.2, 0) is 4.74 Å². The van der Waals surface area contributed by atoms with Gasteiger partial charge in [-0.25, -0.2) is 0 Å². The molecular formula is C41H90O. The van der Waals surface area contributed by atoms with E-state index in [9.17, 15) is 0 Å². The summed E-state index contributed by atoms with van der Waals surface area (Å²) < 4.78 is 5.23. The zero-order valence-electron chi connectivity index (χ0n) is 32.5. The van der Waals surface area contributed by atoms with Gasteiger partial charge in [0, 0.05) is 0 Å². The fraction of sp³-hybridized carbons (Fsp3) is 1.00. The van der Waals surface area contributed by atoms with E-state index in [1.807, 2.05) is 83.1 Å². The summed E-state index contributed by atoms with van der Waals surface area (Å²) >= 11 is 0. The van der Waals surface area contributed by atoms with Gasteiger partial charge in [-0.1, -0.05) is 205 Å². The van der Waals surface area contributed by atoms with Crippen LogP contribution in [0, 0.1) is 5.41 Å². The van der Waals surface area contributed by atoms with Crippen molar-refractivity contribution in [2.75, 3.05) is 6.61 Å². The van der Waals surface area contributed by atoms with E-state index in [2.05, 4.69) is 0 Å². The first-order chi connectivity index (χ1) is 20.8. The van der Waals surface area contributed by atoms with Crippen LogP contribution in [0.25, 0.3) is 0 Å². The lowest BCUT2D eigenvalue weighted by Crippen LogP contribution is -2.35. The molecule has 0 N–H and O–H groups in total. The van der Waals surface area contributed by atoms with Crippen molar-refractivity contribution in [3.05, 3.63) is 0 Å². The summed E-state index contributed by atoms with van der Waals surface area (Å²) in [6.07, 6.45) is 38.8. The third kappa shape index (κ3) is 28.7. The lowest BCUT2D eigenvalue weighted by molar-refractivity contribution is -0.0724. The van der Waals surface area contributed by atoms with Crippen LogP contribution in [0.1, 0.15) is 250 Å². The lowest BCUT2D eigenvalue weighted by Gasteiger charge is -2.49. The molecule has 0 amide bonds. The molecule has 260 valence electrons. The molecule has 1 heteroatoms. The molecule has 1 aliphatic heterocycles. The van der Waals surface area contributed by atoms with Crippen molar-refractivity contribution in [2.24, 2.45) is 5.41 Å². The Labute approximate surface area is 271 Å². The Morgan fingerprint density at radius 2 is 0.452 bits per heavy atom. The Kier molecular flexibility index (Phi) is 47.6. The third-order valence-corrected chi connectivity index (χ3v) is 8.85. The van der Waals surface area contributed by atoms with E-state index in [0.29, 0.717) is 5.60 Å². The first-order valence-electron chi connectivity index (χ1n) is 20.5. The average molecular weight is 599 g/mol. The van der Waals surface area contributed by atoms with Gasteiger partial charge >= 0.3 is 0 Å². The summed E-state index contributed by atoms with van der Waals surface area (Å²) in [4.78, 5) is 0. The fourth-order valence-corrected chi connectivity index (χ4v) is 4.41. The Hall–Kier alpha value is -0.0400.